The number of nitrogens with two attached hydrogens (primary N) is 1. The average Bonchev–Trinajstić information content (AvgIpc) is 2.83. The van der Waals surface area contributed by atoms with Gasteiger partial charge >= 0.3 is 0 Å². The molecule has 0 amide bonds. The predicted octanol–water partition coefficient (Wildman–Crippen LogP) is 2.36. The topological polar surface area (TPSA) is 65.1 Å². The molecule has 2 N–H and O–H groups in total. The molecular weight excluding hydrogens is 284 g/mol. The molecule has 1 aromatic heterocycles. The highest BCUT2D eigenvalue weighted by molar-refractivity contribution is 7.91. The fourth-order valence-electron chi connectivity index (χ4n) is 2.60. The van der Waals surface area contributed by atoms with E-state index in [9.17, 15) is 8.42 Å². The number of sulfone groups is 1. The largest absolute Gasteiger partial charge is 0.347 e. The lowest BCUT2D eigenvalue weighted by molar-refractivity contribution is 0.589. The number of aromatic nitrogens is 1. The molecule has 0 radical (unpaired) electrons. The van der Waals surface area contributed by atoms with Gasteiger partial charge in [-0.1, -0.05) is 25.1 Å². The summed E-state index contributed by atoms with van der Waals surface area (Å²) in [6, 6.07) is 8.28. The number of aryl methyl sites for hydroxylation is 2. The molecule has 0 saturated carbocycles. The Balaban J connectivity index is 2.16. The molecule has 1 aromatic carbocycles. The summed E-state index contributed by atoms with van der Waals surface area (Å²) >= 11 is 0. The van der Waals surface area contributed by atoms with Crippen molar-refractivity contribution in [2.45, 2.75) is 32.7 Å². The van der Waals surface area contributed by atoms with Gasteiger partial charge in [0.1, 0.15) is 9.84 Å². The molecule has 0 aliphatic carbocycles. The van der Waals surface area contributed by atoms with Crippen LogP contribution in [0, 0.1) is 0 Å². The van der Waals surface area contributed by atoms with Crippen LogP contribution in [-0.2, 0) is 22.8 Å². The van der Waals surface area contributed by atoms with E-state index < -0.39 is 9.84 Å². The van der Waals surface area contributed by atoms with Gasteiger partial charge in [0, 0.05) is 29.4 Å². The monoisotopic (exact) mass is 308 g/mol. The zero-order valence-corrected chi connectivity index (χ0v) is 13.4. The van der Waals surface area contributed by atoms with E-state index in [-0.39, 0.29) is 11.5 Å². The van der Waals surface area contributed by atoms with Crippen LogP contribution in [0.3, 0.4) is 0 Å². The molecule has 5 heteroatoms. The Morgan fingerprint density at radius 2 is 1.95 bits per heavy atom. The first-order chi connectivity index (χ1) is 10.1. The zero-order valence-electron chi connectivity index (χ0n) is 12.6. The number of fused-ring (bicyclic) bond motifs is 1. The molecule has 0 aliphatic heterocycles. The molecule has 4 nitrogen and oxygen atoms in total. The number of para-hydroxylation sites is 1. The third-order valence-electron chi connectivity index (χ3n) is 3.82. The van der Waals surface area contributed by atoms with Crippen molar-refractivity contribution in [1.29, 1.82) is 0 Å². The zero-order chi connectivity index (χ0) is 15.3. The van der Waals surface area contributed by atoms with Crippen LogP contribution >= 0.6 is 0 Å². The summed E-state index contributed by atoms with van der Waals surface area (Å²) in [5.41, 5.74) is 8.08. The summed E-state index contributed by atoms with van der Waals surface area (Å²) < 4.78 is 25.3. The smallest absolute Gasteiger partial charge is 0.150 e. The quantitative estimate of drug-likeness (QED) is 0.814. The minimum Gasteiger partial charge on any atom is -0.347 e. The van der Waals surface area contributed by atoms with Gasteiger partial charge in [0.15, 0.2) is 0 Å². The van der Waals surface area contributed by atoms with Crippen molar-refractivity contribution in [3.8, 4) is 0 Å². The van der Waals surface area contributed by atoms with E-state index in [0.717, 1.165) is 19.4 Å². The van der Waals surface area contributed by atoms with Crippen LogP contribution in [0.5, 0.6) is 0 Å². The second kappa shape index (κ2) is 7.09. The van der Waals surface area contributed by atoms with Gasteiger partial charge in [0.05, 0.1) is 5.75 Å². The van der Waals surface area contributed by atoms with Crippen molar-refractivity contribution in [2.75, 3.05) is 18.1 Å². The first-order valence-electron chi connectivity index (χ1n) is 7.54. The van der Waals surface area contributed by atoms with Gasteiger partial charge < -0.3 is 10.3 Å². The summed E-state index contributed by atoms with van der Waals surface area (Å²) in [7, 11) is -2.88. The number of hydrogen-bond donors (Lipinski definition) is 1. The van der Waals surface area contributed by atoms with Gasteiger partial charge in [-0.15, -0.1) is 0 Å². The van der Waals surface area contributed by atoms with E-state index in [1.807, 2.05) is 12.1 Å². The van der Waals surface area contributed by atoms with E-state index in [1.165, 1.54) is 16.5 Å². The lowest BCUT2D eigenvalue weighted by Gasteiger charge is -2.05. The van der Waals surface area contributed by atoms with Crippen LogP contribution in [0.2, 0.25) is 0 Å². The van der Waals surface area contributed by atoms with E-state index in [0.29, 0.717) is 13.0 Å². The molecule has 0 saturated heterocycles. The molecule has 2 rings (SSSR count). The highest BCUT2D eigenvalue weighted by atomic mass is 32.2. The molecule has 116 valence electrons. The highest BCUT2D eigenvalue weighted by Crippen LogP contribution is 2.22. The molecule has 0 bridgehead atoms. The van der Waals surface area contributed by atoms with Crippen molar-refractivity contribution in [3.05, 3.63) is 36.0 Å². The minimum atomic E-state index is -2.88. The van der Waals surface area contributed by atoms with Crippen molar-refractivity contribution in [1.82, 2.24) is 4.57 Å². The maximum Gasteiger partial charge on any atom is 0.150 e. The van der Waals surface area contributed by atoms with Crippen LogP contribution in [0.1, 0.15) is 25.3 Å². The van der Waals surface area contributed by atoms with Crippen LogP contribution in [0.4, 0.5) is 0 Å². The Hall–Kier alpha value is -1.33. The minimum absolute atomic E-state index is 0.223. The average molecular weight is 308 g/mol. The molecule has 1 heterocycles. The number of hydrogen-bond acceptors (Lipinski definition) is 3. The SMILES string of the molecule is CCS(=O)(=O)CCCn1cc(CCCN)c2ccccc21. The molecule has 0 unspecified atom stereocenters. The van der Waals surface area contributed by atoms with Crippen molar-refractivity contribution in [2.24, 2.45) is 5.73 Å². The Morgan fingerprint density at radius 1 is 1.19 bits per heavy atom. The van der Waals surface area contributed by atoms with Crippen molar-refractivity contribution < 1.29 is 8.42 Å². The number of benzene rings is 1. The summed E-state index contributed by atoms with van der Waals surface area (Å²) in [6.45, 7) is 3.13. The summed E-state index contributed by atoms with van der Waals surface area (Å²) in [4.78, 5) is 0. The maximum absolute atomic E-state index is 11.6. The van der Waals surface area contributed by atoms with Gasteiger partial charge in [0.2, 0.25) is 0 Å². The van der Waals surface area contributed by atoms with E-state index >= 15 is 0 Å². The molecular formula is C16H24N2O2S. The Labute approximate surface area is 126 Å². The molecule has 0 fully saturated rings. The highest BCUT2D eigenvalue weighted by Gasteiger charge is 2.10. The lowest BCUT2D eigenvalue weighted by atomic mass is 10.1. The summed E-state index contributed by atoms with van der Waals surface area (Å²) in [6.07, 6.45) is 4.75. The number of nitrogens with zero attached hydrogens (tertiary/aromatic N) is 1. The number of rotatable bonds is 8. The van der Waals surface area contributed by atoms with E-state index in [1.54, 1.807) is 6.92 Å². The molecule has 0 aliphatic rings. The standard InChI is InChI=1S/C16H24N2O2S/c1-2-21(19,20)12-6-11-18-13-14(7-5-10-17)15-8-3-4-9-16(15)18/h3-4,8-9,13H,2,5-7,10-12,17H2,1H3. The van der Waals surface area contributed by atoms with Crippen LogP contribution < -0.4 is 5.73 Å². The van der Waals surface area contributed by atoms with Crippen LogP contribution in [-0.4, -0.2) is 31.0 Å². The third kappa shape index (κ3) is 4.08. The summed E-state index contributed by atoms with van der Waals surface area (Å²) in [5.74, 6) is 0.481. The van der Waals surface area contributed by atoms with Gasteiger partial charge in [0.25, 0.3) is 0 Å². The van der Waals surface area contributed by atoms with Gasteiger partial charge in [-0.3, -0.25) is 0 Å². The van der Waals surface area contributed by atoms with Crippen LogP contribution in [0.25, 0.3) is 10.9 Å². The Kier molecular flexibility index (Phi) is 5.42. The second-order valence-electron chi connectivity index (χ2n) is 5.35. The predicted molar refractivity (Wildman–Crippen MR) is 88.3 cm³/mol. The van der Waals surface area contributed by atoms with Crippen molar-refractivity contribution >= 4 is 20.7 Å². The second-order valence-corrected chi connectivity index (χ2v) is 7.82. The molecule has 21 heavy (non-hydrogen) atoms. The first-order valence-corrected chi connectivity index (χ1v) is 9.37. The molecule has 0 spiro atoms. The first kappa shape index (κ1) is 16.0. The molecule has 2 aromatic rings. The van der Waals surface area contributed by atoms with E-state index in [2.05, 4.69) is 22.9 Å². The Bertz CT molecular complexity index is 689. The normalized spacial score (nSPS) is 12.1. The van der Waals surface area contributed by atoms with Gasteiger partial charge in [-0.25, -0.2) is 8.42 Å². The molecule has 0 atom stereocenters. The fourth-order valence-corrected chi connectivity index (χ4v) is 3.46. The lowest BCUT2D eigenvalue weighted by Crippen LogP contribution is -2.11. The van der Waals surface area contributed by atoms with Gasteiger partial charge in [-0.2, -0.15) is 0 Å². The third-order valence-corrected chi connectivity index (χ3v) is 5.61. The Morgan fingerprint density at radius 3 is 2.67 bits per heavy atom. The fraction of sp³-hybridized carbons (Fsp3) is 0.500. The van der Waals surface area contributed by atoms with E-state index in [4.69, 9.17) is 5.73 Å². The maximum atomic E-state index is 11.6. The van der Waals surface area contributed by atoms with Gasteiger partial charge in [-0.05, 0) is 37.4 Å². The van der Waals surface area contributed by atoms with Crippen molar-refractivity contribution in [3.63, 3.8) is 0 Å². The summed E-state index contributed by atoms with van der Waals surface area (Å²) in [5, 5.41) is 1.25. The van der Waals surface area contributed by atoms with Crippen LogP contribution in [0.15, 0.2) is 30.5 Å².